The minimum Gasteiger partial charge on any atom is -0.381 e. The molecule has 2 saturated heterocycles. The van der Waals surface area contributed by atoms with E-state index in [2.05, 4.69) is 24.5 Å². The lowest BCUT2D eigenvalue weighted by molar-refractivity contribution is -0.145. The molecule has 10 heteroatoms. The number of hydrogen-bond acceptors (Lipinski definition) is 6. The van der Waals surface area contributed by atoms with Crippen LogP contribution >= 0.6 is 0 Å². The Kier molecular flexibility index (Phi) is 6.96. The number of nitrogens with zero attached hydrogens (tertiary/aromatic N) is 1. The van der Waals surface area contributed by atoms with Gasteiger partial charge < -0.3 is 26.0 Å². The number of nitrogens with one attached hydrogen (secondary N) is 2. The van der Waals surface area contributed by atoms with Crippen LogP contribution in [-0.4, -0.2) is 72.2 Å². The van der Waals surface area contributed by atoms with Crippen molar-refractivity contribution >= 4 is 29.4 Å². The fraction of sp³-hybridized carbons (Fsp3) is 0.800. The van der Waals surface area contributed by atoms with Crippen molar-refractivity contribution in [3.8, 4) is 0 Å². The summed E-state index contributed by atoms with van der Waals surface area (Å²) in [6, 6.07) is -2.53. The van der Waals surface area contributed by atoms with E-state index in [1.165, 1.54) is 0 Å². The summed E-state index contributed by atoms with van der Waals surface area (Å²) in [5.41, 5.74) is 5.12. The molecule has 2 saturated carbocycles. The molecule has 3 unspecified atom stereocenters. The van der Waals surface area contributed by atoms with Crippen LogP contribution < -0.4 is 16.4 Å². The monoisotopic (exact) mass is 490 g/mol. The number of carbonyl (C=O) groups excluding carboxylic acids is 5. The highest BCUT2D eigenvalue weighted by Crippen LogP contribution is 2.65. The van der Waals surface area contributed by atoms with Crippen LogP contribution in [0.2, 0.25) is 0 Å². The lowest BCUT2D eigenvalue weighted by atomic mass is 9.94. The van der Waals surface area contributed by atoms with Gasteiger partial charge in [0.1, 0.15) is 12.1 Å². The normalized spacial score (nSPS) is 30.4. The summed E-state index contributed by atoms with van der Waals surface area (Å²) in [6.07, 6.45) is 2.92. The zero-order chi connectivity index (χ0) is 25.7. The highest BCUT2D eigenvalue weighted by atomic mass is 16.5. The molecule has 0 radical (unpaired) electrons. The molecule has 0 aromatic heterocycles. The number of amides is 4. The molecule has 4 amide bonds. The Bertz CT molecular complexity index is 908. The third-order valence-corrected chi connectivity index (χ3v) is 8.43. The summed E-state index contributed by atoms with van der Waals surface area (Å²) in [4.78, 5) is 65.5. The summed E-state index contributed by atoms with van der Waals surface area (Å²) in [7, 11) is 0. The SMILES string of the molecule is CC(C)C(=O)NC(C(=O)N1C[C@H]2[C@@H]([C@H]1C(=O)NC(CC1CC1)C(=O)C(N)=O)C2(C)C)C1CCOC1. The van der Waals surface area contributed by atoms with Gasteiger partial charge in [0.15, 0.2) is 0 Å². The molecule has 4 rings (SSSR count). The number of hydrogen-bond donors (Lipinski definition) is 3. The highest BCUT2D eigenvalue weighted by molar-refractivity contribution is 6.37. The Hall–Kier alpha value is -2.49. The van der Waals surface area contributed by atoms with Crippen molar-refractivity contribution in [2.45, 2.75) is 71.5 Å². The van der Waals surface area contributed by atoms with Gasteiger partial charge in [-0.25, -0.2) is 0 Å². The maximum absolute atomic E-state index is 13.8. The Morgan fingerprint density at radius 1 is 1.09 bits per heavy atom. The summed E-state index contributed by atoms with van der Waals surface area (Å²) < 4.78 is 5.49. The van der Waals surface area contributed by atoms with Crippen LogP contribution in [0, 0.1) is 35.0 Å². The third kappa shape index (κ3) is 5.08. The van der Waals surface area contributed by atoms with Crippen LogP contribution in [0.5, 0.6) is 0 Å². The third-order valence-electron chi connectivity index (χ3n) is 8.43. The number of nitrogens with two attached hydrogens (primary N) is 1. The van der Waals surface area contributed by atoms with Gasteiger partial charge in [-0.1, -0.05) is 40.5 Å². The van der Waals surface area contributed by atoms with Crippen molar-refractivity contribution in [2.75, 3.05) is 19.8 Å². The molecule has 2 heterocycles. The molecule has 35 heavy (non-hydrogen) atoms. The van der Waals surface area contributed by atoms with E-state index < -0.39 is 35.7 Å². The first-order chi connectivity index (χ1) is 16.4. The van der Waals surface area contributed by atoms with Crippen molar-refractivity contribution in [3.05, 3.63) is 0 Å². The number of primary amides is 1. The number of piperidine rings is 1. The van der Waals surface area contributed by atoms with Gasteiger partial charge in [0.05, 0.1) is 12.6 Å². The minimum atomic E-state index is -1.07. The van der Waals surface area contributed by atoms with E-state index in [0.717, 1.165) is 12.8 Å². The van der Waals surface area contributed by atoms with E-state index in [0.29, 0.717) is 32.6 Å². The van der Waals surface area contributed by atoms with Crippen molar-refractivity contribution in [1.29, 1.82) is 0 Å². The van der Waals surface area contributed by atoms with Crippen molar-refractivity contribution in [2.24, 2.45) is 40.7 Å². The topological polar surface area (TPSA) is 148 Å². The van der Waals surface area contributed by atoms with Crippen molar-refractivity contribution in [1.82, 2.24) is 15.5 Å². The van der Waals surface area contributed by atoms with E-state index >= 15 is 0 Å². The predicted octanol–water partition coefficient (Wildman–Crippen LogP) is -0.0140. The van der Waals surface area contributed by atoms with Crippen molar-refractivity contribution in [3.63, 3.8) is 0 Å². The maximum Gasteiger partial charge on any atom is 0.287 e. The Morgan fingerprint density at radius 2 is 1.77 bits per heavy atom. The van der Waals surface area contributed by atoms with Crippen LogP contribution in [0.25, 0.3) is 0 Å². The van der Waals surface area contributed by atoms with Gasteiger partial charge in [-0.2, -0.15) is 0 Å². The second kappa shape index (κ2) is 9.52. The maximum atomic E-state index is 13.8. The number of rotatable bonds is 10. The van der Waals surface area contributed by atoms with Gasteiger partial charge >= 0.3 is 0 Å². The Labute approximate surface area is 206 Å². The number of ether oxygens (including phenoxy) is 1. The van der Waals surface area contributed by atoms with Gasteiger partial charge in [-0.05, 0) is 36.0 Å². The highest BCUT2D eigenvalue weighted by Gasteiger charge is 2.69. The van der Waals surface area contributed by atoms with E-state index in [1.54, 1.807) is 18.7 Å². The summed E-state index contributed by atoms with van der Waals surface area (Å²) in [5, 5.41) is 5.66. The molecule has 6 atom stereocenters. The summed E-state index contributed by atoms with van der Waals surface area (Å²) in [5.74, 6) is -2.92. The van der Waals surface area contributed by atoms with Gasteiger partial charge in [0.25, 0.3) is 5.91 Å². The van der Waals surface area contributed by atoms with E-state index in [9.17, 15) is 24.0 Å². The molecule has 10 nitrogen and oxygen atoms in total. The molecule has 0 aromatic carbocycles. The molecule has 0 bridgehead atoms. The lowest BCUT2D eigenvalue weighted by Crippen LogP contribution is -2.59. The second-order valence-corrected chi connectivity index (χ2v) is 11.6. The second-order valence-electron chi connectivity index (χ2n) is 11.6. The van der Waals surface area contributed by atoms with Crippen LogP contribution in [0.1, 0.15) is 53.4 Å². The lowest BCUT2D eigenvalue weighted by Gasteiger charge is -2.35. The van der Waals surface area contributed by atoms with Gasteiger partial charge in [-0.3, -0.25) is 24.0 Å². The molecule has 4 aliphatic rings. The van der Waals surface area contributed by atoms with Gasteiger partial charge in [-0.15, -0.1) is 0 Å². The van der Waals surface area contributed by atoms with Gasteiger partial charge in [0.2, 0.25) is 23.5 Å². The largest absolute Gasteiger partial charge is 0.381 e. The number of fused-ring (bicyclic) bond motifs is 1. The van der Waals surface area contributed by atoms with Crippen LogP contribution in [0.15, 0.2) is 0 Å². The number of ketones is 1. The Balaban J connectivity index is 1.55. The zero-order valence-corrected chi connectivity index (χ0v) is 21.0. The molecular weight excluding hydrogens is 452 g/mol. The van der Waals surface area contributed by atoms with Crippen LogP contribution in [0.3, 0.4) is 0 Å². The number of carbonyl (C=O) groups is 5. The predicted molar refractivity (Wildman–Crippen MR) is 125 cm³/mol. The van der Waals surface area contributed by atoms with Crippen LogP contribution in [0.4, 0.5) is 0 Å². The quantitative estimate of drug-likeness (QED) is 0.367. The number of Topliss-reactive ketones (excluding diaryl/α,β-unsaturated/α-hetero) is 1. The first-order valence-corrected chi connectivity index (χ1v) is 12.8. The Morgan fingerprint density at radius 3 is 2.31 bits per heavy atom. The molecular formula is C25H38N4O6. The van der Waals surface area contributed by atoms with Crippen LogP contribution in [-0.2, 0) is 28.7 Å². The fourth-order valence-electron chi connectivity index (χ4n) is 5.86. The first-order valence-electron chi connectivity index (χ1n) is 12.8. The molecule has 194 valence electrons. The van der Waals surface area contributed by atoms with Gasteiger partial charge in [0, 0.05) is 25.0 Å². The average molecular weight is 491 g/mol. The van der Waals surface area contributed by atoms with Crippen molar-refractivity contribution < 1.29 is 28.7 Å². The summed E-state index contributed by atoms with van der Waals surface area (Å²) >= 11 is 0. The smallest absolute Gasteiger partial charge is 0.287 e. The number of likely N-dealkylation sites (tertiary alicyclic amines) is 1. The zero-order valence-electron chi connectivity index (χ0n) is 21.0. The van der Waals surface area contributed by atoms with E-state index in [-0.39, 0.29) is 46.8 Å². The molecule has 2 aliphatic heterocycles. The molecule has 0 aromatic rings. The first kappa shape index (κ1) is 25.6. The fourth-order valence-corrected chi connectivity index (χ4v) is 5.86. The average Bonchev–Trinajstić information content (AvgIpc) is 3.49. The molecule has 4 N–H and O–H groups in total. The minimum absolute atomic E-state index is 0.0574. The summed E-state index contributed by atoms with van der Waals surface area (Å²) in [6.45, 7) is 8.98. The van der Waals surface area contributed by atoms with E-state index in [1.807, 2.05) is 0 Å². The van der Waals surface area contributed by atoms with E-state index in [4.69, 9.17) is 10.5 Å². The molecule has 2 aliphatic carbocycles. The molecule has 0 spiro atoms. The molecule has 4 fully saturated rings. The standard InChI is InChI=1S/C25H38N4O6/c1-12(2)22(32)28-18(14-7-8-35-11-14)24(34)29-10-15-17(25(15,3)4)19(29)23(33)27-16(9-13-5-6-13)20(30)21(26)31/h12-19H,5-11H2,1-4H3,(H2,26,31)(H,27,33)(H,28,32)/t14?,15-,16?,17-,18?,19-/m0/s1.